The lowest BCUT2D eigenvalue weighted by molar-refractivity contribution is 0.604. The van der Waals surface area contributed by atoms with Crippen molar-refractivity contribution in [2.45, 2.75) is 45.6 Å². The van der Waals surface area contributed by atoms with E-state index in [1.165, 1.54) is 4.88 Å². The maximum Gasteiger partial charge on any atom is 0.130 e. The summed E-state index contributed by atoms with van der Waals surface area (Å²) in [6.45, 7) is 9.59. The molecule has 88 valence electrons. The smallest absolute Gasteiger partial charge is 0.130 e. The average molecular weight is 236 g/mol. The van der Waals surface area contributed by atoms with Gasteiger partial charge >= 0.3 is 0 Å². The lowest BCUT2D eigenvalue weighted by Crippen LogP contribution is -2.19. The molecule has 1 unspecified atom stereocenters. The minimum absolute atomic E-state index is 0.152. The molecule has 1 aromatic heterocycles. The van der Waals surface area contributed by atoms with Crippen molar-refractivity contribution in [3.63, 3.8) is 0 Å². The Morgan fingerprint density at radius 3 is 2.56 bits per heavy atom. The molecule has 0 spiro atoms. The van der Waals surface area contributed by atoms with E-state index in [4.69, 9.17) is 5.26 Å². The fraction of sp³-hybridized carbons (Fsp3) is 0.615. The molecule has 0 bridgehead atoms. The average Bonchev–Trinajstić information content (AvgIpc) is 2.68. The molecule has 0 aliphatic rings. The van der Waals surface area contributed by atoms with E-state index in [2.05, 4.69) is 51.2 Å². The zero-order valence-electron chi connectivity index (χ0n) is 10.5. The Labute approximate surface area is 102 Å². The molecule has 1 aromatic rings. The van der Waals surface area contributed by atoms with E-state index in [9.17, 15) is 0 Å². The molecule has 0 fully saturated rings. The number of hydrogen-bond acceptors (Lipinski definition) is 3. The van der Waals surface area contributed by atoms with Gasteiger partial charge in [0, 0.05) is 9.75 Å². The second-order valence-electron chi connectivity index (χ2n) is 4.97. The van der Waals surface area contributed by atoms with Gasteiger partial charge in [0.25, 0.3) is 0 Å². The summed E-state index contributed by atoms with van der Waals surface area (Å²) in [5, 5.41) is 12.4. The SMILES string of the molecule is CCCNC(C#N)c1ccc(C(C)(C)C)s1. The summed E-state index contributed by atoms with van der Waals surface area (Å²) in [7, 11) is 0. The highest BCUT2D eigenvalue weighted by molar-refractivity contribution is 7.12. The van der Waals surface area contributed by atoms with E-state index < -0.39 is 0 Å². The number of rotatable bonds is 4. The molecule has 0 radical (unpaired) electrons. The third-order valence-corrected chi connectivity index (χ3v) is 3.95. The van der Waals surface area contributed by atoms with Gasteiger partial charge in [-0.2, -0.15) is 5.26 Å². The van der Waals surface area contributed by atoms with Gasteiger partial charge in [0.15, 0.2) is 0 Å². The van der Waals surface area contributed by atoms with Gasteiger partial charge in [-0.05, 0) is 30.5 Å². The third kappa shape index (κ3) is 3.33. The van der Waals surface area contributed by atoms with Gasteiger partial charge < -0.3 is 0 Å². The van der Waals surface area contributed by atoms with Gasteiger partial charge in [0.05, 0.1) is 6.07 Å². The van der Waals surface area contributed by atoms with Gasteiger partial charge in [0.1, 0.15) is 6.04 Å². The Balaban J connectivity index is 2.80. The highest BCUT2D eigenvalue weighted by Gasteiger charge is 2.19. The molecule has 0 amide bonds. The fourth-order valence-electron chi connectivity index (χ4n) is 1.41. The second-order valence-corrected chi connectivity index (χ2v) is 6.08. The van der Waals surface area contributed by atoms with Gasteiger partial charge in [0.2, 0.25) is 0 Å². The molecule has 16 heavy (non-hydrogen) atoms. The molecule has 0 aliphatic carbocycles. The van der Waals surface area contributed by atoms with E-state index in [0.717, 1.165) is 17.8 Å². The maximum atomic E-state index is 9.11. The summed E-state index contributed by atoms with van der Waals surface area (Å²) in [6.07, 6.45) is 1.05. The van der Waals surface area contributed by atoms with Crippen LogP contribution in [0.5, 0.6) is 0 Å². The first-order chi connectivity index (χ1) is 7.49. The molecule has 1 rings (SSSR count). The van der Waals surface area contributed by atoms with Crippen molar-refractivity contribution in [1.82, 2.24) is 5.32 Å². The van der Waals surface area contributed by atoms with E-state index in [-0.39, 0.29) is 11.5 Å². The van der Waals surface area contributed by atoms with Crippen LogP contribution >= 0.6 is 11.3 Å². The molecule has 3 heteroatoms. The number of nitrogens with one attached hydrogen (secondary N) is 1. The Kier molecular flexibility index (Phi) is 4.52. The largest absolute Gasteiger partial charge is 0.298 e. The first kappa shape index (κ1) is 13.2. The van der Waals surface area contributed by atoms with Crippen molar-refractivity contribution >= 4 is 11.3 Å². The summed E-state index contributed by atoms with van der Waals surface area (Å²) in [6, 6.07) is 6.37. The summed E-state index contributed by atoms with van der Waals surface area (Å²) in [5.41, 5.74) is 0.174. The highest BCUT2D eigenvalue weighted by atomic mass is 32.1. The molecule has 0 aromatic carbocycles. The zero-order chi connectivity index (χ0) is 12.2. The molecule has 2 nitrogen and oxygen atoms in total. The van der Waals surface area contributed by atoms with Crippen LogP contribution in [0.3, 0.4) is 0 Å². The monoisotopic (exact) mass is 236 g/mol. The predicted molar refractivity (Wildman–Crippen MR) is 69.7 cm³/mol. The first-order valence-electron chi connectivity index (χ1n) is 5.72. The predicted octanol–water partition coefficient (Wildman–Crippen LogP) is 3.61. The van der Waals surface area contributed by atoms with Crippen LogP contribution in [0.15, 0.2) is 12.1 Å². The molecule has 1 atom stereocenters. The van der Waals surface area contributed by atoms with E-state index >= 15 is 0 Å². The van der Waals surface area contributed by atoms with E-state index in [0.29, 0.717) is 0 Å². The quantitative estimate of drug-likeness (QED) is 0.867. The van der Waals surface area contributed by atoms with Crippen LogP contribution < -0.4 is 5.32 Å². The normalized spacial score (nSPS) is 13.4. The lowest BCUT2D eigenvalue weighted by Gasteiger charge is -2.15. The maximum absolute atomic E-state index is 9.11. The van der Waals surface area contributed by atoms with E-state index in [1.54, 1.807) is 11.3 Å². The standard InChI is InChI=1S/C13H20N2S/c1-5-8-15-10(9-14)11-6-7-12(16-11)13(2,3)4/h6-7,10,15H,5,8H2,1-4H3. The summed E-state index contributed by atoms with van der Waals surface area (Å²) < 4.78 is 0. The van der Waals surface area contributed by atoms with Gasteiger partial charge in [-0.25, -0.2) is 0 Å². The Morgan fingerprint density at radius 2 is 2.12 bits per heavy atom. The third-order valence-electron chi connectivity index (χ3n) is 2.38. The fourth-order valence-corrected chi connectivity index (χ4v) is 2.50. The van der Waals surface area contributed by atoms with Gasteiger partial charge in [-0.15, -0.1) is 11.3 Å². The molecule has 0 saturated carbocycles. The van der Waals surface area contributed by atoms with Crippen molar-refractivity contribution < 1.29 is 0 Å². The minimum atomic E-state index is -0.152. The van der Waals surface area contributed by atoms with Crippen LogP contribution in [0, 0.1) is 11.3 Å². The Hall–Kier alpha value is -0.850. The van der Waals surface area contributed by atoms with Crippen LogP contribution in [0.1, 0.15) is 49.9 Å². The van der Waals surface area contributed by atoms with Crippen molar-refractivity contribution in [3.8, 4) is 6.07 Å². The summed E-state index contributed by atoms with van der Waals surface area (Å²) in [4.78, 5) is 2.46. The summed E-state index contributed by atoms with van der Waals surface area (Å²) >= 11 is 1.74. The second kappa shape index (κ2) is 5.47. The number of nitrogens with zero attached hydrogens (tertiary/aromatic N) is 1. The van der Waals surface area contributed by atoms with Crippen LogP contribution in [0.25, 0.3) is 0 Å². The number of nitriles is 1. The van der Waals surface area contributed by atoms with Crippen LogP contribution in [-0.4, -0.2) is 6.54 Å². The molecule has 1 heterocycles. The molecule has 0 saturated heterocycles. The molecule has 1 N–H and O–H groups in total. The van der Waals surface area contributed by atoms with Crippen molar-refractivity contribution in [2.24, 2.45) is 0 Å². The minimum Gasteiger partial charge on any atom is -0.298 e. The Morgan fingerprint density at radius 1 is 1.44 bits per heavy atom. The Bertz CT molecular complexity index is 368. The van der Waals surface area contributed by atoms with Crippen LogP contribution in [0.4, 0.5) is 0 Å². The van der Waals surface area contributed by atoms with Gasteiger partial charge in [-0.1, -0.05) is 27.7 Å². The number of hydrogen-bond donors (Lipinski definition) is 1. The van der Waals surface area contributed by atoms with Gasteiger partial charge in [-0.3, -0.25) is 5.32 Å². The first-order valence-corrected chi connectivity index (χ1v) is 6.54. The lowest BCUT2D eigenvalue weighted by atomic mass is 9.95. The van der Waals surface area contributed by atoms with Crippen LogP contribution in [0.2, 0.25) is 0 Å². The van der Waals surface area contributed by atoms with Crippen molar-refractivity contribution in [3.05, 3.63) is 21.9 Å². The van der Waals surface area contributed by atoms with Crippen molar-refractivity contribution in [2.75, 3.05) is 6.54 Å². The highest BCUT2D eigenvalue weighted by Crippen LogP contribution is 2.32. The molecular formula is C13H20N2S. The zero-order valence-corrected chi connectivity index (χ0v) is 11.3. The molecular weight excluding hydrogens is 216 g/mol. The number of thiophene rings is 1. The topological polar surface area (TPSA) is 35.8 Å². The van der Waals surface area contributed by atoms with Crippen molar-refractivity contribution in [1.29, 1.82) is 5.26 Å². The van der Waals surface area contributed by atoms with Crippen LogP contribution in [-0.2, 0) is 5.41 Å². The summed E-state index contributed by atoms with van der Waals surface area (Å²) in [5.74, 6) is 0. The van der Waals surface area contributed by atoms with E-state index in [1.807, 2.05) is 0 Å². The molecule has 0 aliphatic heterocycles.